The lowest BCUT2D eigenvalue weighted by Crippen LogP contribution is -2.27. The number of aromatic nitrogens is 2. The van der Waals surface area contributed by atoms with Gasteiger partial charge in [-0.3, -0.25) is 9.59 Å². The fourth-order valence-corrected chi connectivity index (χ4v) is 3.22. The minimum Gasteiger partial charge on any atom is -0.464 e. The van der Waals surface area contributed by atoms with Crippen molar-refractivity contribution in [2.75, 3.05) is 7.11 Å². The van der Waals surface area contributed by atoms with E-state index in [1.165, 1.54) is 36.7 Å². The number of nitrogens with zero attached hydrogens (tertiary/aromatic N) is 2. The second kappa shape index (κ2) is 7.97. The fraction of sp³-hybridized carbons (Fsp3) is 0.357. The van der Waals surface area contributed by atoms with Gasteiger partial charge in [-0.15, -0.1) is 22.7 Å². The quantitative estimate of drug-likeness (QED) is 0.748. The molecule has 8 nitrogen and oxygen atoms in total. The van der Waals surface area contributed by atoms with E-state index < -0.39 is 5.97 Å². The summed E-state index contributed by atoms with van der Waals surface area (Å²) in [5, 5.41) is 9.85. The Labute approximate surface area is 146 Å². The average Bonchev–Trinajstić information content (AvgIpc) is 3.21. The number of esters is 1. The zero-order valence-electron chi connectivity index (χ0n) is 13.3. The lowest BCUT2D eigenvalue weighted by molar-refractivity contribution is -0.119. The van der Waals surface area contributed by atoms with Gasteiger partial charge in [0.1, 0.15) is 15.7 Å². The summed E-state index contributed by atoms with van der Waals surface area (Å²) in [6, 6.07) is -0.374. The molecule has 0 spiro atoms. The first-order chi connectivity index (χ1) is 11.4. The van der Waals surface area contributed by atoms with Gasteiger partial charge in [-0.1, -0.05) is 0 Å². The topological polar surface area (TPSA) is 110 Å². The summed E-state index contributed by atoms with van der Waals surface area (Å²) < 4.78 is 4.60. The maximum Gasteiger partial charge on any atom is 0.357 e. The van der Waals surface area contributed by atoms with Gasteiger partial charge in [0, 0.05) is 17.7 Å². The summed E-state index contributed by atoms with van der Waals surface area (Å²) in [5.74, 6) is -1.02. The molecule has 2 aromatic rings. The number of carbonyl (C=O) groups is 3. The third-order valence-corrected chi connectivity index (χ3v) is 4.78. The van der Waals surface area contributed by atoms with E-state index >= 15 is 0 Å². The van der Waals surface area contributed by atoms with Gasteiger partial charge in [-0.25, -0.2) is 14.8 Å². The summed E-state index contributed by atoms with van der Waals surface area (Å²) in [5.41, 5.74) is 0.488. The van der Waals surface area contributed by atoms with Crippen LogP contribution in [0.3, 0.4) is 0 Å². The Bertz CT molecular complexity index is 756. The number of thiazole rings is 2. The standard InChI is InChI=1S/C14H16N4O4S2/c1-7(13-18-10(6-24-13)14(21)22-3)16-12(20)9-5-23-11(17-9)4-15-8(2)19/h5-7H,4H2,1-3H3,(H,15,19)(H,16,20). The van der Waals surface area contributed by atoms with Crippen molar-refractivity contribution in [1.29, 1.82) is 0 Å². The van der Waals surface area contributed by atoms with E-state index in [1.54, 1.807) is 17.7 Å². The van der Waals surface area contributed by atoms with Gasteiger partial charge >= 0.3 is 5.97 Å². The van der Waals surface area contributed by atoms with E-state index in [1.807, 2.05) is 0 Å². The molecule has 0 bridgehead atoms. The molecule has 2 rings (SSSR count). The molecule has 2 N–H and O–H groups in total. The molecule has 1 atom stereocenters. The minimum atomic E-state index is -0.516. The van der Waals surface area contributed by atoms with Gasteiger partial charge in [-0.2, -0.15) is 0 Å². The third kappa shape index (κ3) is 4.59. The molecule has 0 radical (unpaired) electrons. The Morgan fingerprint density at radius 2 is 1.92 bits per heavy atom. The van der Waals surface area contributed by atoms with E-state index in [2.05, 4.69) is 25.3 Å². The Morgan fingerprint density at radius 3 is 2.58 bits per heavy atom. The van der Waals surface area contributed by atoms with Crippen LogP contribution in [0.1, 0.15) is 50.9 Å². The first kappa shape index (κ1) is 18.0. The van der Waals surface area contributed by atoms with Crippen molar-refractivity contribution in [1.82, 2.24) is 20.6 Å². The van der Waals surface area contributed by atoms with Gasteiger partial charge in [0.25, 0.3) is 5.91 Å². The Morgan fingerprint density at radius 1 is 1.21 bits per heavy atom. The number of hydrogen-bond acceptors (Lipinski definition) is 8. The van der Waals surface area contributed by atoms with Crippen LogP contribution in [0.4, 0.5) is 0 Å². The predicted octanol–water partition coefficient (Wildman–Crippen LogP) is 1.51. The molecular weight excluding hydrogens is 352 g/mol. The smallest absolute Gasteiger partial charge is 0.357 e. The molecule has 0 aliphatic rings. The van der Waals surface area contributed by atoms with Gasteiger partial charge < -0.3 is 15.4 Å². The molecule has 2 aromatic heterocycles. The molecule has 0 aliphatic carbocycles. The monoisotopic (exact) mass is 368 g/mol. The zero-order chi connectivity index (χ0) is 17.7. The zero-order valence-corrected chi connectivity index (χ0v) is 14.9. The van der Waals surface area contributed by atoms with Gasteiger partial charge in [0.15, 0.2) is 5.69 Å². The van der Waals surface area contributed by atoms with Crippen LogP contribution in [0.25, 0.3) is 0 Å². The summed E-state index contributed by atoms with van der Waals surface area (Å²) >= 11 is 2.56. The normalized spacial score (nSPS) is 11.6. The number of hydrogen-bond donors (Lipinski definition) is 2. The first-order valence-corrected chi connectivity index (χ1v) is 8.70. The molecule has 10 heteroatoms. The van der Waals surface area contributed by atoms with Crippen molar-refractivity contribution < 1.29 is 19.1 Å². The lowest BCUT2D eigenvalue weighted by Gasteiger charge is -2.09. The molecule has 0 fully saturated rings. The summed E-state index contributed by atoms with van der Waals surface area (Å²) in [7, 11) is 1.29. The number of carbonyl (C=O) groups excluding carboxylic acids is 3. The highest BCUT2D eigenvalue weighted by molar-refractivity contribution is 7.10. The van der Waals surface area contributed by atoms with Crippen molar-refractivity contribution in [3.63, 3.8) is 0 Å². The van der Waals surface area contributed by atoms with Gasteiger partial charge in [-0.05, 0) is 6.92 Å². The van der Waals surface area contributed by atoms with Crippen LogP contribution in [0.15, 0.2) is 10.8 Å². The van der Waals surface area contributed by atoms with Crippen LogP contribution in [0.5, 0.6) is 0 Å². The minimum absolute atomic E-state index is 0.157. The predicted molar refractivity (Wildman–Crippen MR) is 89.0 cm³/mol. The van der Waals surface area contributed by atoms with E-state index in [4.69, 9.17) is 0 Å². The number of rotatable bonds is 6. The summed E-state index contributed by atoms with van der Waals surface area (Å²) in [4.78, 5) is 42.8. The molecule has 0 aromatic carbocycles. The molecule has 0 saturated heterocycles. The van der Waals surface area contributed by atoms with E-state index in [0.29, 0.717) is 10.0 Å². The maximum absolute atomic E-state index is 12.2. The largest absolute Gasteiger partial charge is 0.464 e. The molecule has 24 heavy (non-hydrogen) atoms. The summed E-state index contributed by atoms with van der Waals surface area (Å²) in [6.45, 7) is 3.47. The first-order valence-electron chi connectivity index (χ1n) is 6.94. The van der Waals surface area contributed by atoms with Crippen LogP contribution in [0, 0.1) is 0 Å². The van der Waals surface area contributed by atoms with E-state index in [0.717, 1.165) is 0 Å². The second-order valence-electron chi connectivity index (χ2n) is 4.79. The molecular formula is C14H16N4O4S2. The van der Waals surface area contributed by atoms with E-state index in [9.17, 15) is 14.4 Å². The molecule has 0 saturated carbocycles. The SMILES string of the molecule is COC(=O)c1csc(C(C)NC(=O)c2csc(CNC(C)=O)n2)n1. The van der Waals surface area contributed by atoms with E-state index in [-0.39, 0.29) is 35.8 Å². The lowest BCUT2D eigenvalue weighted by atomic mass is 10.3. The van der Waals surface area contributed by atoms with Gasteiger partial charge in [0.2, 0.25) is 5.91 Å². The van der Waals surface area contributed by atoms with Crippen LogP contribution >= 0.6 is 22.7 Å². The average molecular weight is 368 g/mol. The highest BCUT2D eigenvalue weighted by Crippen LogP contribution is 2.19. The van der Waals surface area contributed by atoms with Crippen molar-refractivity contribution in [3.05, 3.63) is 32.2 Å². The van der Waals surface area contributed by atoms with Crippen LogP contribution < -0.4 is 10.6 Å². The van der Waals surface area contributed by atoms with Crippen molar-refractivity contribution >= 4 is 40.5 Å². The summed E-state index contributed by atoms with van der Waals surface area (Å²) in [6.07, 6.45) is 0. The third-order valence-electron chi connectivity index (χ3n) is 2.91. The number of ether oxygens (including phenoxy) is 1. The van der Waals surface area contributed by atoms with Crippen molar-refractivity contribution in [3.8, 4) is 0 Å². The number of nitrogens with one attached hydrogen (secondary N) is 2. The molecule has 1 unspecified atom stereocenters. The maximum atomic E-state index is 12.2. The Balaban J connectivity index is 1.97. The van der Waals surface area contributed by atoms with Crippen LogP contribution in [-0.2, 0) is 16.1 Å². The molecule has 2 heterocycles. The highest BCUT2D eigenvalue weighted by atomic mass is 32.1. The number of methoxy groups -OCH3 is 1. The second-order valence-corrected chi connectivity index (χ2v) is 6.63. The van der Waals surface area contributed by atoms with Crippen molar-refractivity contribution in [2.45, 2.75) is 26.4 Å². The highest BCUT2D eigenvalue weighted by Gasteiger charge is 2.19. The Kier molecular flexibility index (Phi) is 5.99. The Hall–Kier alpha value is -2.33. The molecule has 0 aliphatic heterocycles. The molecule has 2 amide bonds. The fourth-order valence-electron chi connectivity index (χ4n) is 1.71. The van der Waals surface area contributed by atoms with Gasteiger partial charge in [0.05, 0.1) is 19.7 Å². The molecule has 128 valence electrons. The van der Waals surface area contributed by atoms with Crippen molar-refractivity contribution in [2.24, 2.45) is 0 Å². The number of amides is 2. The van der Waals surface area contributed by atoms with Crippen LogP contribution in [-0.4, -0.2) is 34.9 Å². The van der Waals surface area contributed by atoms with Crippen LogP contribution in [0.2, 0.25) is 0 Å².